The molecule has 1 aromatic heterocycles. The predicted octanol–water partition coefficient (Wildman–Crippen LogP) is 3.83. The first kappa shape index (κ1) is 16.7. The Labute approximate surface area is 143 Å². The molecule has 0 spiro atoms. The van der Waals surface area contributed by atoms with E-state index in [4.69, 9.17) is 11.6 Å². The van der Waals surface area contributed by atoms with Gasteiger partial charge in [0.1, 0.15) is 5.82 Å². The summed E-state index contributed by atoms with van der Waals surface area (Å²) in [6, 6.07) is 11.5. The maximum Gasteiger partial charge on any atom is 0.268 e. The second-order valence-electron chi connectivity index (χ2n) is 5.18. The van der Waals surface area contributed by atoms with E-state index in [2.05, 4.69) is 0 Å². The molecule has 7 heteroatoms. The second kappa shape index (κ2) is 6.37. The number of aromatic nitrogens is 1. The maximum absolute atomic E-state index is 13.6. The number of ketones is 1. The molecule has 4 nitrogen and oxygen atoms in total. The molecule has 0 aliphatic heterocycles. The van der Waals surface area contributed by atoms with Crippen LogP contribution in [0.2, 0.25) is 0 Å². The standard InChI is InChI=1S/C17H13ClFNO3S/c18-9-8-17(21)15-11-20(16-7-6-12(19)10-14(15)16)24(22,23)13-4-2-1-3-5-13/h1-7,10-11H,8-9H2. The van der Waals surface area contributed by atoms with Crippen LogP contribution in [0.4, 0.5) is 4.39 Å². The number of halogens is 2. The number of rotatable bonds is 5. The summed E-state index contributed by atoms with van der Waals surface area (Å²) in [5.41, 5.74) is 0.392. The molecule has 0 saturated carbocycles. The number of carbonyl (C=O) groups is 1. The highest BCUT2D eigenvalue weighted by Gasteiger charge is 2.23. The Morgan fingerprint density at radius 3 is 2.50 bits per heavy atom. The monoisotopic (exact) mass is 365 g/mol. The highest BCUT2D eigenvalue weighted by Crippen LogP contribution is 2.27. The number of alkyl halides is 1. The van der Waals surface area contributed by atoms with E-state index in [1.807, 2.05) is 0 Å². The molecular formula is C17H13ClFNO3S. The summed E-state index contributed by atoms with van der Waals surface area (Å²) >= 11 is 5.60. The Morgan fingerprint density at radius 2 is 1.83 bits per heavy atom. The third-order valence-electron chi connectivity index (χ3n) is 3.65. The van der Waals surface area contributed by atoms with Crippen LogP contribution in [0.1, 0.15) is 16.8 Å². The van der Waals surface area contributed by atoms with E-state index in [0.29, 0.717) is 0 Å². The summed E-state index contributed by atoms with van der Waals surface area (Å²) in [4.78, 5) is 12.3. The molecule has 3 aromatic rings. The van der Waals surface area contributed by atoms with Crippen molar-refractivity contribution >= 4 is 38.3 Å². The fourth-order valence-corrected chi connectivity index (χ4v) is 4.08. The molecule has 24 heavy (non-hydrogen) atoms. The van der Waals surface area contributed by atoms with Gasteiger partial charge >= 0.3 is 0 Å². The summed E-state index contributed by atoms with van der Waals surface area (Å²) in [5, 5.41) is 0.254. The number of hydrogen-bond acceptors (Lipinski definition) is 3. The lowest BCUT2D eigenvalue weighted by atomic mass is 10.1. The molecule has 0 amide bonds. The van der Waals surface area contributed by atoms with Gasteiger partial charge in [0.05, 0.1) is 10.4 Å². The van der Waals surface area contributed by atoms with E-state index in [1.165, 1.54) is 24.4 Å². The molecule has 0 atom stereocenters. The van der Waals surface area contributed by atoms with E-state index >= 15 is 0 Å². The van der Waals surface area contributed by atoms with Crippen molar-refractivity contribution in [2.24, 2.45) is 0 Å². The Balaban J connectivity index is 2.28. The van der Waals surface area contributed by atoms with Crippen LogP contribution in [0.5, 0.6) is 0 Å². The summed E-state index contributed by atoms with van der Waals surface area (Å²) in [5.74, 6) is -0.772. The number of hydrogen-bond donors (Lipinski definition) is 0. The van der Waals surface area contributed by atoms with Crippen molar-refractivity contribution in [2.45, 2.75) is 11.3 Å². The van der Waals surface area contributed by atoms with Crippen molar-refractivity contribution in [1.29, 1.82) is 0 Å². The van der Waals surface area contributed by atoms with Crippen LogP contribution in [0.3, 0.4) is 0 Å². The third-order valence-corrected chi connectivity index (χ3v) is 5.53. The van der Waals surface area contributed by atoms with E-state index in [-0.39, 0.29) is 39.4 Å². The van der Waals surface area contributed by atoms with Gasteiger partial charge in [0.25, 0.3) is 10.0 Å². The number of fused-ring (bicyclic) bond motifs is 1. The molecular weight excluding hydrogens is 353 g/mol. The SMILES string of the molecule is O=C(CCCl)c1cn(S(=O)(=O)c2ccccc2)c2ccc(F)cc12. The molecule has 0 aliphatic rings. The highest BCUT2D eigenvalue weighted by molar-refractivity contribution is 7.90. The van der Waals surface area contributed by atoms with Crippen LogP contribution < -0.4 is 0 Å². The van der Waals surface area contributed by atoms with Gasteiger partial charge in [0.15, 0.2) is 5.78 Å². The molecule has 0 saturated heterocycles. The van der Waals surface area contributed by atoms with Gasteiger partial charge in [-0.1, -0.05) is 18.2 Å². The average Bonchev–Trinajstić information content (AvgIpc) is 2.95. The highest BCUT2D eigenvalue weighted by atomic mass is 35.5. The average molecular weight is 366 g/mol. The lowest BCUT2D eigenvalue weighted by Gasteiger charge is -2.07. The second-order valence-corrected chi connectivity index (χ2v) is 7.37. The number of nitrogens with zero attached hydrogens (tertiary/aromatic N) is 1. The molecule has 0 unspecified atom stereocenters. The molecule has 0 radical (unpaired) electrons. The molecule has 1 heterocycles. The van der Waals surface area contributed by atoms with Crippen molar-refractivity contribution in [1.82, 2.24) is 3.97 Å². The van der Waals surface area contributed by atoms with E-state index in [0.717, 1.165) is 16.1 Å². The van der Waals surface area contributed by atoms with Crippen LogP contribution in [0.15, 0.2) is 59.6 Å². The Morgan fingerprint density at radius 1 is 1.12 bits per heavy atom. The van der Waals surface area contributed by atoms with Crippen LogP contribution >= 0.6 is 11.6 Å². The van der Waals surface area contributed by atoms with E-state index in [9.17, 15) is 17.6 Å². The maximum atomic E-state index is 13.6. The van der Waals surface area contributed by atoms with Crippen molar-refractivity contribution in [3.05, 3.63) is 66.1 Å². The van der Waals surface area contributed by atoms with Crippen molar-refractivity contribution in [2.75, 3.05) is 5.88 Å². The quantitative estimate of drug-likeness (QED) is 0.510. The van der Waals surface area contributed by atoms with Crippen molar-refractivity contribution in [3.8, 4) is 0 Å². The molecule has 0 fully saturated rings. The summed E-state index contributed by atoms with van der Waals surface area (Å²) in [7, 11) is -3.90. The summed E-state index contributed by atoms with van der Waals surface area (Å²) < 4.78 is 40.3. The first-order valence-electron chi connectivity index (χ1n) is 7.15. The van der Waals surface area contributed by atoms with Gasteiger partial charge in [-0.05, 0) is 30.3 Å². The minimum atomic E-state index is -3.90. The summed E-state index contributed by atoms with van der Waals surface area (Å²) in [6.07, 6.45) is 1.28. The van der Waals surface area contributed by atoms with E-state index in [1.54, 1.807) is 18.2 Å². The molecule has 124 valence electrons. The fraction of sp³-hybridized carbons (Fsp3) is 0.118. The number of Topliss-reactive ketones (excluding diaryl/α,β-unsaturated/α-hetero) is 1. The van der Waals surface area contributed by atoms with E-state index < -0.39 is 15.8 Å². The normalized spacial score (nSPS) is 11.8. The molecule has 0 aliphatic carbocycles. The minimum Gasteiger partial charge on any atom is -0.294 e. The molecule has 0 N–H and O–H groups in total. The zero-order valence-corrected chi connectivity index (χ0v) is 14.0. The summed E-state index contributed by atoms with van der Waals surface area (Å²) in [6.45, 7) is 0. The van der Waals surface area contributed by atoms with Gasteiger partial charge in [-0.15, -0.1) is 11.6 Å². The largest absolute Gasteiger partial charge is 0.294 e. The minimum absolute atomic E-state index is 0.0442. The van der Waals surface area contributed by atoms with Gasteiger partial charge in [0.2, 0.25) is 0 Å². The van der Waals surface area contributed by atoms with Gasteiger partial charge in [-0.25, -0.2) is 16.8 Å². The first-order chi connectivity index (χ1) is 11.4. The molecule has 2 aromatic carbocycles. The van der Waals surface area contributed by atoms with Gasteiger partial charge in [-0.3, -0.25) is 4.79 Å². The predicted molar refractivity (Wildman–Crippen MR) is 90.6 cm³/mol. The van der Waals surface area contributed by atoms with Crippen LogP contribution in [0.25, 0.3) is 10.9 Å². The zero-order chi connectivity index (χ0) is 17.3. The molecule has 0 bridgehead atoms. The van der Waals surface area contributed by atoms with Crippen molar-refractivity contribution < 1.29 is 17.6 Å². The van der Waals surface area contributed by atoms with Crippen molar-refractivity contribution in [3.63, 3.8) is 0 Å². The third kappa shape index (κ3) is 2.83. The lowest BCUT2D eigenvalue weighted by Crippen LogP contribution is -2.12. The first-order valence-corrected chi connectivity index (χ1v) is 9.13. The van der Waals surface area contributed by atoms with Gasteiger partial charge < -0.3 is 0 Å². The molecule has 3 rings (SSSR count). The van der Waals surface area contributed by atoms with Crippen LogP contribution in [-0.4, -0.2) is 24.1 Å². The van der Waals surface area contributed by atoms with Gasteiger partial charge in [-0.2, -0.15) is 0 Å². The topological polar surface area (TPSA) is 56.1 Å². The Kier molecular flexibility index (Phi) is 4.43. The van der Waals surface area contributed by atoms with Crippen LogP contribution in [-0.2, 0) is 10.0 Å². The van der Waals surface area contributed by atoms with Gasteiger partial charge in [0, 0.05) is 29.4 Å². The smallest absolute Gasteiger partial charge is 0.268 e. The Bertz CT molecular complexity index is 1010. The Hall–Kier alpha value is -2.18. The number of carbonyl (C=O) groups excluding carboxylic acids is 1. The lowest BCUT2D eigenvalue weighted by molar-refractivity contribution is 0.0991. The van der Waals surface area contributed by atoms with Crippen LogP contribution in [0, 0.1) is 5.82 Å². The fourth-order valence-electron chi connectivity index (χ4n) is 2.52. The number of benzene rings is 2. The zero-order valence-electron chi connectivity index (χ0n) is 12.4.